The molecule has 0 amide bonds. The van der Waals surface area contributed by atoms with E-state index < -0.39 is 17.7 Å². The average molecular weight is 374 g/mol. The molecule has 144 valence electrons. The number of methoxy groups -OCH3 is 2. The van der Waals surface area contributed by atoms with E-state index in [1.807, 2.05) is 30.3 Å². The number of hydrogen-bond acceptors (Lipinski definition) is 7. The fraction of sp³-hybridized carbons (Fsp3) is 0.300. The molecule has 0 saturated carbocycles. The Labute approximate surface area is 157 Å². The largest absolute Gasteiger partial charge is 0.504 e. The number of unbranched alkanes of at least 4 members (excludes halogenated alkanes) is 1. The van der Waals surface area contributed by atoms with E-state index in [2.05, 4.69) is 9.47 Å². The van der Waals surface area contributed by atoms with Crippen molar-refractivity contribution in [3.05, 3.63) is 53.6 Å². The number of hydrogen-bond donors (Lipinski definition) is 1. The van der Waals surface area contributed by atoms with Gasteiger partial charge in [0, 0.05) is 0 Å². The topological polar surface area (TPSA) is 91.3 Å². The zero-order chi connectivity index (χ0) is 19.6. The smallest absolute Gasteiger partial charge is 0.342 e. The molecule has 0 aliphatic carbocycles. The van der Waals surface area contributed by atoms with Crippen LogP contribution in [0.3, 0.4) is 0 Å². The molecule has 0 aliphatic heterocycles. The summed E-state index contributed by atoms with van der Waals surface area (Å²) in [6.45, 7) is 0.845. The molecule has 2 aromatic rings. The lowest BCUT2D eigenvalue weighted by Gasteiger charge is -2.13. The molecule has 2 rings (SSSR count). The van der Waals surface area contributed by atoms with E-state index >= 15 is 0 Å². The Kier molecular flexibility index (Phi) is 7.49. The lowest BCUT2D eigenvalue weighted by molar-refractivity contribution is 0.0551. The molecule has 0 aromatic heterocycles. The van der Waals surface area contributed by atoms with Crippen LogP contribution in [0.5, 0.6) is 17.2 Å². The van der Waals surface area contributed by atoms with Crippen molar-refractivity contribution < 1.29 is 33.6 Å². The third kappa shape index (κ3) is 5.37. The van der Waals surface area contributed by atoms with Gasteiger partial charge < -0.3 is 24.1 Å². The van der Waals surface area contributed by atoms with Crippen LogP contribution in [0.2, 0.25) is 0 Å². The first kappa shape index (κ1) is 20.1. The van der Waals surface area contributed by atoms with Gasteiger partial charge in [-0.2, -0.15) is 0 Å². The number of para-hydroxylation sites is 1. The third-order valence-electron chi connectivity index (χ3n) is 3.74. The first-order valence-corrected chi connectivity index (χ1v) is 8.41. The van der Waals surface area contributed by atoms with Crippen LogP contribution in [0.25, 0.3) is 0 Å². The molecule has 0 unspecified atom stereocenters. The molecule has 0 radical (unpaired) electrons. The number of benzene rings is 2. The van der Waals surface area contributed by atoms with Gasteiger partial charge in [-0.1, -0.05) is 18.2 Å². The summed E-state index contributed by atoms with van der Waals surface area (Å²) in [5, 5.41) is 10.3. The summed E-state index contributed by atoms with van der Waals surface area (Å²) in [7, 11) is 2.34. The van der Waals surface area contributed by atoms with E-state index in [1.54, 1.807) is 0 Å². The van der Waals surface area contributed by atoms with Gasteiger partial charge in [0.25, 0.3) is 0 Å². The van der Waals surface area contributed by atoms with Crippen LogP contribution < -0.4 is 9.47 Å². The monoisotopic (exact) mass is 374 g/mol. The molecule has 2 aromatic carbocycles. The highest BCUT2D eigenvalue weighted by molar-refractivity contribution is 6.05. The minimum Gasteiger partial charge on any atom is -0.504 e. The van der Waals surface area contributed by atoms with E-state index in [1.165, 1.54) is 19.2 Å². The quantitative estimate of drug-likeness (QED) is 0.532. The molecular weight excluding hydrogens is 352 g/mol. The molecule has 0 spiro atoms. The van der Waals surface area contributed by atoms with E-state index in [0.29, 0.717) is 19.6 Å². The maximum Gasteiger partial charge on any atom is 0.342 e. The fourth-order valence-corrected chi connectivity index (χ4v) is 2.37. The van der Waals surface area contributed by atoms with Crippen molar-refractivity contribution in [1.29, 1.82) is 0 Å². The second kappa shape index (κ2) is 10.1. The molecular formula is C20H22O7. The van der Waals surface area contributed by atoms with Crippen molar-refractivity contribution in [3.63, 3.8) is 0 Å². The normalized spacial score (nSPS) is 10.1. The Bertz CT molecular complexity index is 771. The van der Waals surface area contributed by atoms with Crippen molar-refractivity contribution in [1.82, 2.24) is 0 Å². The Balaban J connectivity index is 1.92. The molecule has 0 fully saturated rings. The summed E-state index contributed by atoms with van der Waals surface area (Å²) in [4.78, 5) is 23.7. The fourth-order valence-electron chi connectivity index (χ4n) is 2.37. The van der Waals surface area contributed by atoms with E-state index in [4.69, 9.17) is 9.47 Å². The first-order valence-electron chi connectivity index (χ1n) is 8.41. The lowest BCUT2D eigenvalue weighted by Crippen LogP contribution is -2.13. The number of phenols is 1. The van der Waals surface area contributed by atoms with Gasteiger partial charge in [0.1, 0.15) is 11.3 Å². The van der Waals surface area contributed by atoms with Crippen LogP contribution in [0.1, 0.15) is 33.6 Å². The Morgan fingerprint density at radius 2 is 1.48 bits per heavy atom. The number of esters is 2. The molecule has 27 heavy (non-hydrogen) atoms. The van der Waals surface area contributed by atoms with Crippen LogP contribution in [0, 0.1) is 0 Å². The molecule has 7 nitrogen and oxygen atoms in total. The van der Waals surface area contributed by atoms with Gasteiger partial charge in [-0.15, -0.1) is 0 Å². The molecule has 0 bridgehead atoms. The number of ether oxygens (including phenoxy) is 4. The molecule has 7 heteroatoms. The van der Waals surface area contributed by atoms with Gasteiger partial charge in [0.2, 0.25) is 0 Å². The standard InChI is InChI=1S/C20H22O7/c1-24-19(22)15-10-11-16(18(21)17(15)20(23)25-2)27-13-7-6-12-26-14-8-4-3-5-9-14/h3-5,8-11,21H,6-7,12-13H2,1-2H3. The summed E-state index contributed by atoms with van der Waals surface area (Å²) in [5.41, 5.74) is -0.375. The molecule has 0 heterocycles. The second-order valence-electron chi connectivity index (χ2n) is 5.54. The Morgan fingerprint density at radius 1 is 0.852 bits per heavy atom. The second-order valence-corrected chi connectivity index (χ2v) is 5.54. The van der Waals surface area contributed by atoms with E-state index in [-0.39, 0.29) is 16.9 Å². The number of carbonyl (C=O) groups is 2. The number of carbonyl (C=O) groups excluding carboxylic acids is 2. The maximum absolute atomic E-state index is 11.9. The summed E-state index contributed by atoms with van der Waals surface area (Å²) in [5.74, 6) is -1.17. The number of aromatic hydroxyl groups is 1. The minimum atomic E-state index is -0.852. The number of rotatable bonds is 9. The Hall–Kier alpha value is -3.22. The van der Waals surface area contributed by atoms with Crippen LogP contribution >= 0.6 is 0 Å². The van der Waals surface area contributed by atoms with Crippen LogP contribution in [0.4, 0.5) is 0 Å². The van der Waals surface area contributed by atoms with Crippen molar-refractivity contribution in [2.24, 2.45) is 0 Å². The predicted octanol–water partition coefficient (Wildman–Crippen LogP) is 3.20. The predicted molar refractivity (Wildman–Crippen MR) is 97.5 cm³/mol. The van der Waals surface area contributed by atoms with Gasteiger partial charge in [-0.05, 0) is 37.1 Å². The van der Waals surface area contributed by atoms with E-state index in [9.17, 15) is 14.7 Å². The number of phenolic OH excluding ortho intramolecular Hbond substituents is 1. The summed E-state index contributed by atoms with van der Waals surface area (Å²) in [6.07, 6.45) is 1.43. The average Bonchev–Trinajstić information content (AvgIpc) is 2.70. The third-order valence-corrected chi connectivity index (χ3v) is 3.74. The van der Waals surface area contributed by atoms with Gasteiger partial charge >= 0.3 is 11.9 Å². The van der Waals surface area contributed by atoms with Crippen molar-refractivity contribution in [2.75, 3.05) is 27.4 Å². The van der Waals surface area contributed by atoms with Gasteiger partial charge in [0.15, 0.2) is 11.5 Å². The van der Waals surface area contributed by atoms with E-state index in [0.717, 1.165) is 19.3 Å². The summed E-state index contributed by atoms with van der Waals surface area (Å²) < 4.78 is 20.4. The molecule has 0 aliphatic rings. The van der Waals surface area contributed by atoms with Gasteiger partial charge in [-0.3, -0.25) is 0 Å². The van der Waals surface area contributed by atoms with Crippen LogP contribution in [-0.4, -0.2) is 44.5 Å². The zero-order valence-corrected chi connectivity index (χ0v) is 15.3. The van der Waals surface area contributed by atoms with Crippen molar-refractivity contribution in [2.45, 2.75) is 12.8 Å². The summed E-state index contributed by atoms with van der Waals surface area (Å²) in [6, 6.07) is 12.2. The molecule has 0 saturated heterocycles. The van der Waals surface area contributed by atoms with Gasteiger partial charge in [-0.25, -0.2) is 9.59 Å². The van der Waals surface area contributed by atoms with Gasteiger partial charge in [0.05, 0.1) is 33.0 Å². The first-order chi connectivity index (χ1) is 13.1. The maximum atomic E-state index is 11.9. The van der Waals surface area contributed by atoms with Crippen molar-refractivity contribution in [3.8, 4) is 17.2 Å². The van der Waals surface area contributed by atoms with Crippen LogP contribution in [0.15, 0.2) is 42.5 Å². The van der Waals surface area contributed by atoms with Crippen LogP contribution in [-0.2, 0) is 9.47 Å². The lowest BCUT2D eigenvalue weighted by atomic mass is 10.1. The minimum absolute atomic E-state index is 0.0898. The van der Waals surface area contributed by atoms with Crippen molar-refractivity contribution >= 4 is 11.9 Å². The summed E-state index contributed by atoms with van der Waals surface area (Å²) >= 11 is 0. The highest BCUT2D eigenvalue weighted by Crippen LogP contribution is 2.33. The SMILES string of the molecule is COC(=O)c1ccc(OCCCCOc2ccccc2)c(O)c1C(=O)OC. The highest BCUT2D eigenvalue weighted by atomic mass is 16.5. The molecule has 0 atom stereocenters. The Morgan fingerprint density at radius 3 is 2.11 bits per heavy atom. The molecule has 1 N–H and O–H groups in total. The zero-order valence-electron chi connectivity index (χ0n) is 15.3. The highest BCUT2D eigenvalue weighted by Gasteiger charge is 2.25.